The van der Waals surface area contributed by atoms with Crippen molar-refractivity contribution in [2.75, 3.05) is 6.26 Å². The van der Waals surface area contributed by atoms with E-state index in [2.05, 4.69) is 9.97 Å². The maximum atomic E-state index is 10.5. The van der Waals surface area contributed by atoms with Gasteiger partial charge in [-0.15, -0.1) is 12.4 Å². The molecule has 12 heavy (non-hydrogen) atoms. The van der Waals surface area contributed by atoms with Crippen molar-refractivity contribution in [2.24, 2.45) is 0 Å². The molecule has 0 radical (unpaired) electrons. The lowest BCUT2D eigenvalue weighted by Crippen LogP contribution is -1.93. The van der Waals surface area contributed by atoms with Gasteiger partial charge in [-0.2, -0.15) is 0 Å². The van der Waals surface area contributed by atoms with Crippen LogP contribution in [0.25, 0.3) is 0 Å². The van der Waals surface area contributed by atoms with E-state index >= 15 is 0 Å². The zero-order chi connectivity index (χ0) is 8.27. The highest BCUT2D eigenvalue weighted by atomic mass is 35.5. The standard InChI is InChI=1S/C6H5ClN2OS.ClH/c1-11-6-8-2-4(3-9-6)5(7)10;/h2-3H,1H3;1H. The number of carbonyl (C=O) groups excluding carboxylic acids is 1. The molecule has 0 bridgehead atoms. The van der Waals surface area contributed by atoms with Gasteiger partial charge in [0.25, 0.3) is 5.24 Å². The molecule has 0 aliphatic heterocycles. The zero-order valence-electron chi connectivity index (χ0n) is 6.15. The summed E-state index contributed by atoms with van der Waals surface area (Å²) in [5.74, 6) is 0. The Hall–Kier alpha value is -0.320. The third-order valence-electron chi connectivity index (χ3n) is 1.04. The van der Waals surface area contributed by atoms with Crippen LogP contribution in [0.3, 0.4) is 0 Å². The molecule has 66 valence electrons. The van der Waals surface area contributed by atoms with Crippen molar-refractivity contribution in [2.45, 2.75) is 5.16 Å². The fourth-order valence-corrected chi connectivity index (χ4v) is 0.937. The summed E-state index contributed by atoms with van der Waals surface area (Å²) >= 11 is 6.59. The first kappa shape index (κ1) is 11.7. The monoisotopic (exact) mass is 224 g/mol. The van der Waals surface area contributed by atoms with E-state index in [-0.39, 0.29) is 12.4 Å². The average molecular weight is 225 g/mol. The van der Waals surface area contributed by atoms with Gasteiger partial charge in [0.2, 0.25) is 0 Å². The first-order chi connectivity index (χ1) is 5.24. The van der Waals surface area contributed by atoms with Crippen LogP contribution in [0.2, 0.25) is 0 Å². The summed E-state index contributed by atoms with van der Waals surface area (Å²) in [6.45, 7) is 0. The number of hydrogen-bond acceptors (Lipinski definition) is 4. The highest BCUT2D eigenvalue weighted by Gasteiger charge is 2.01. The lowest BCUT2D eigenvalue weighted by molar-refractivity contribution is 0.108. The first-order valence-electron chi connectivity index (χ1n) is 2.80. The first-order valence-corrected chi connectivity index (χ1v) is 4.40. The Kier molecular flexibility index (Phi) is 5.20. The van der Waals surface area contributed by atoms with Gasteiger partial charge < -0.3 is 0 Å². The average Bonchev–Trinajstić information content (AvgIpc) is 2.05. The summed E-state index contributed by atoms with van der Waals surface area (Å²) in [5, 5.41) is 0.101. The number of halogens is 2. The molecule has 0 aliphatic carbocycles. The molecule has 0 aromatic carbocycles. The summed E-state index contributed by atoms with van der Waals surface area (Å²) in [6, 6.07) is 0. The molecule has 0 unspecified atom stereocenters. The summed E-state index contributed by atoms with van der Waals surface area (Å²) in [6.07, 6.45) is 4.68. The van der Waals surface area contributed by atoms with Crippen LogP contribution in [-0.4, -0.2) is 21.5 Å². The molecule has 0 N–H and O–H groups in total. The Bertz CT molecular complexity index is 265. The van der Waals surface area contributed by atoms with E-state index in [1.165, 1.54) is 24.2 Å². The van der Waals surface area contributed by atoms with E-state index < -0.39 is 5.24 Å². The number of carbonyl (C=O) groups is 1. The van der Waals surface area contributed by atoms with Gasteiger partial charge in [-0.05, 0) is 17.9 Å². The van der Waals surface area contributed by atoms with Gasteiger partial charge in [0.15, 0.2) is 5.16 Å². The maximum absolute atomic E-state index is 10.5. The Labute approximate surface area is 85.3 Å². The molecule has 1 aromatic heterocycles. The van der Waals surface area contributed by atoms with E-state index in [0.717, 1.165) is 0 Å². The number of nitrogens with zero attached hydrogens (tertiary/aromatic N) is 2. The van der Waals surface area contributed by atoms with Gasteiger partial charge in [0.05, 0.1) is 5.56 Å². The van der Waals surface area contributed by atoms with Gasteiger partial charge in [0, 0.05) is 12.4 Å². The minimum atomic E-state index is -0.530. The van der Waals surface area contributed by atoms with Crippen molar-refractivity contribution >= 4 is 41.0 Å². The van der Waals surface area contributed by atoms with E-state index in [9.17, 15) is 4.79 Å². The molecule has 0 fully saturated rings. The normalized spacial score (nSPS) is 8.83. The minimum absolute atomic E-state index is 0. The van der Waals surface area contributed by atoms with Gasteiger partial charge in [0.1, 0.15) is 0 Å². The second-order valence-corrected chi connectivity index (χ2v) is 2.85. The van der Waals surface area contributed by atoms with Crippen molar-refractivity contribution < 1.29 is 4.79 Å². The zero-order valence-corrected chi connectivity index (χ0v) is 8.54. The molecule has 0 atom stereocenters. The van der Waals surface area contributed by atoms with Gasteiger partial charge in [-0.25, -0.2) is 9.97 Å². The molecule has 3 nitrogen and oxygen atoms in total. The smallest absolute Gasteiger partial charge is 0.255 e. The lowest BCUT2D eigenvalue weighted by Gasteiger charge is -1.93. The molecule has 1 heterocycles. The van der Waals surface area contributed by atoms with Crippen molar-refractivity contribution in [3.8, 4) is 0 Å². The minimum Gasteiger partial charge on any atom is -0.275 e. The number of hydrogen-bond donors (Lipinski definition) is 0. The van der Waals surface area contributed by atoms with Crippen molar-refractivity contribution in [1.29, 1.82) is 0 Å². The highest BCUT2D eigenvalue weighted by Crippen LogP contribution is 2.07. The van der Waals surface area contributed by atoms with Gasteiger partial charge in [-0.3, -0.25) is 4.79 Å². The Balaban J connectivity index is 0.00000121. The summed E-state index contributed by atoms with van der Waals surface area (Å²) < 4.78 is 0. The SMILES string of the molecule is CSc1ncc(C(=O)Cl)cn1.Cl. The Morgan fingerprint density at radius 2 is 2.00 bits per heavy atom. The number of rotatable bonds is 2. The van der Waals surface area contributed by atoms with Crippen LogP contribution in [0.5, 0.6) is 0 Å². The molecule has 0 saturated heterocycles. The molecule has 0 saturated carbocycles. The molecule has 0 spiro atoms. The third-order valence-corrected chi connectivity index (χ3v) is 1.83. The summed E-state index contributed by atoms with van der Waals surface area (Å²) in [4.78, 5) is 18.3. The highest BCUT2D eigenvalue weighted by molar-refractivity contribution is 7.98. The molecular weight excluding hydrogens is 219 g/mol. The maximum Gasteiger partial charge on any atom is 0.255 e. The van der Waals surface area contributed by atoms with E-state index in [4.69, 9.17) is 11.6 Å². The van der Waals surface area contributed by atoms with Crippen LogP contribution >= 0.6 is 35.8 Å². The van der Waals surface area contributed by atoms with E-state index in [1.807, 2.05) is 6.26 Å². The van der Waals surface area contributed by atoms with Crippen LogP contribution in [-0.2, 0) is 0 Å². The Morgan fingerprint density at radius 3 is 2.33 bits per heavy atom. The number of aromatic nitrogens is 2. The summed E-state index contributed by atoms with van der Waals surface area (Å²) in [7, 11) is 0. The predicted molar refractivity (Wildman–Crippen MR) is 51.2 cm³/mol. The Morgan fingerprint density at radius 1 is 1.50 bits per heavy atom. The molecule has 1 rings (SSSR count). The molecule has 0 amide bonds. The van der Waals surface area contributed by atoms with Gasteiger partial charge in [-0.1, -0.05) is 11.8 Å². The third kappa shape index (κ3) is 2.97. The van der Waals surface area contributed by atoms with E-state index in [1.54, 1.807) is 0 Å². The molecular formula is C6H6Cl2N2OS. The molecule has 6 heteroatoms. The van der Waals surface area contributed by atoms with Crippen LogP contribution in [0, 0.1) is 0 Å². The summed E-state index contributed by atoms with van der Waals surface area (Å²) in [5.41, 5.74) is 0.324. The van der Waals surface area contributed by atoms with Crippen molar-refractivity contribution in [1.82, 2.24) is 9.97 Å². The lowest BCUT2D eigenvalue weighted by atomic mass is 10.4. The second-order valence-electron chi connectivity index (χ2n) is 1.73. The molecule has 1 aromatic rings. The van der Waals surface area contributed by atoms with Crippen LogP contribution < -0.4 is 0 Å². The number of thioether (sulfide) groups is 1. The van der Waals surface area contributed by atoms with E-state index in [0.29, 0.717) is 10.7 Å². The fourth-order valence-electron chi connectivity index (χ4n) is 0.523. The van der Waals surface area contributed by atoms with Crippen LogP contribution in [0.4, 0.5) is 0 Å². The van der Waals surface area contributed by atoms with Crippen LogP contribution in [0.15, 0.2) is 17.6 Å². The largest absolute Gasteiger partial charge is 0.275 e. The molecule has 0 aliphatic rings. The van der Waals surface area contributed by atoms with Crippen LogP contribution in [0.1, 0.15) is 10.4 Å². The van der Waals surface area contributed by atoms with Gasteiger partial charge >= 0.3 is 0 Å². The quantitative estimate of drug-likeness (QED) is 0.438. The van der Waals surface area contributed by atoms with Crippen molar-refractivity contribution in [3.63, 3.8) is 0 Å². The second kappa shape index (κ2) is 5.35. The topological polar surface area (TPSA) is 42.9 Å². The fraction of sp³-hybridized carbons (Fsp3) is 0.167. The predicted octanol–water partition coefficient (Wildman–Crippen LogP) is 2.00. The van der Waals surface area contributed by atoms with Crippen molar-refractivity contribution in [3.05, 3.63) is 18.0 Å².